The van der Waals surface area contributed by atoms with Gasteiger partial charge in [0.2, 0.25) is 0 Å². The summed E-state index contributed by atoms with van der Waals surface area (Å²) in [5.41, 5.74) is 3.90. The summed E-state index contributed by atoms with van der Waals surface area (Å²) in [6.45, 7) is 0. The summed E-state index contributed by atoms with van der Waals surface area (Å²) < 4.78 is 0. The zero-order valence-electron chi connectivity index (χ0n) is 14.5. The lowest BCUT2D eigenvalue weighted by molar-refractivity contribution is 0.221. The number of pyridine rings is 1. The first-order chi connectivity index (χ1) is 13.6. The second kappa shape index (κ2) is 6.17. The van der Waals surface area contributed by atoms with E-state index in [1.165, 1.54) is 0 Å². The second-order valence-electron chi connectivity index (χ2n) is 6.33. The van der Waals surface area contributed by atoms with E-state index in [4.69, 9.17) is 0 Å². The van der Waals surface area contributed by atoms with Crippen LogP contribution in [0.25, 0.3) is 21.3 Å². The van der Waals surface area contributed by atoms with Gasteiger partial charge in [0, 0.05) is 6.20 Å². The van der Waals surface area contributed by atoms with Crippen LogP contribution < -0.4 is 10.2 Å². The van der Waals surface area contributed by atoms with E-state index in [-0.39, 0.29) is 6.03 Å². The first-order valence-corrected chi connectivity index (χ1v) is 9.86. The number of nitrogens with zero attached hydrogens (tertiary/aromatic N) is 2. The summed E-state index contributed by atoms with van der Waals surface area (Å²) in [6, 6.07) is 19.0. The number of carbonyl (C=O) groups excluding carboxylic acids is 1. The zero-order valence-corrected chi connectivity index (χ0v) is 15.3. The van der Waals surface area contributed by atoms with Gasteiger partial charge >= 0.3 is 11.3 Å². The van der Waals surface area contributed by atoms with Crippen LogP contribution in [0.4, 0.5) is 26.7 Å². The molecule has 0 bridgehead atoms. The van der Waals surface area contributed by atoms with Crippen LogP contribution in [0.3, 0.4) is 0 Å². The van der Waals surface area contributed by atoms with Crippen LogP contribution >= 0.6 is 10.5 Å². The van der Waals surface area contributed by atoms with Gasteiger partial charge in [-0.05, 0) is 29.3 Å². The number of hydrogen-bond donors (Lipinski definition) is 2. The molecule has 1 aliphatic rings. The van der Waals surface area contributed by atoms with E-state index in [0.717, 1.165) is 11.1 Å². The molecule has 6 nitrogen and oxygen atoms in total. The van der Waals surface area contributed by atoms with Gasteiger partial charge < -0.3 is 10.4 Å². The van der Waals surface area contributed by atoms with Gasteiger partial charge in [-0.1, -0.05) is 42.5 Å². The fourth-order valence-electron chi connectivity index (χ4n) is 3.49. The molecule has 0 aliphatic carbocycles. The number of amides is 2. The van der Waals surface area contributed by atoms with Gasteiger partial charge in [0.05, 0.1) is 11.4 Å². The SMILES string of the molecule is O=C1Nc2c[s+](C(=O)O)c3nccc(c23)N1c1cccc(-c2ccccc2)c1. The largest absolute Gasteiger partial charge is 0.554 e. The average molecular weight is 388 g/mol. The van der Waals surface area contributed by atoms with Crippen molar-refractivity contribution in [1.29, 1.82) is 0 Å². The van der Waals surface area contributed by atoms with Crippen molar-refractivity contribution >= 4 is 49.1 Å². The van der Waals surface area contributed by atoms with E-state index in [2.05, 4.69) is 10.3 Å². The maximum absolute atomic E-state index is 12.9. The Hall–Kier alpha value is -3.71. The lowest BCUT2D eigenvalue weighted by Gasteiger charge is -2.27. The second-order valence-corrected chi connectivity index (χ2v) is 7.97. The highest BCUT2D eigenvalue weighted by Gasteiger charge is 2.36. The van der Waals surface area contributed by atoms with Crippen molar-refractivity contribution in [2.45, 2.75) is 0 Å². The smallest absolute Gasteiger partial charge is 0.437 e. The van der Waals surface area contributed by atoms with Crippen molar-refractivity contribution in [3.63, 3.8) is 0 Å². The molecule has 0 spiro atoms. The van der Waals surface area contributed by atoms with Gasteiger partial charge in [0.1, 0.15) is 21.5 Å². The Labute approximate surface area is 162 Å². The number of nitrogens with one attached hydrogen (secondary N) is 1. The Balaban J connectivity index is 1.69. The maximum atomic E-state index is 12.9. The molecule has 1 unspecified atom stereocenters. The van der Waals surface area contributed by atoms with Crippen LogP contribution in [-0.2, 0) is 0 Å². The minimum absolute atomic E-state index is 0.322. The number of anilines is 3. The number of carboxylic acid groups (broad SMARTS) is 1. The van der Waals surface area contributed by atoms with Crippen LogP contribution in [0.2, 0.25) is 0 Å². The van der Waals surface area contributed by atoms with Crippen molar-refractivity contribution < 1.29 is 14.7 Å². The van der Waals surface area contributed by atoms with Crippen molar-refractivity contribution in [2.75, 3.05) is 10.2 Å². The Morgan fingerprint density at radius 1 is 1.04 bits per heavy atom. The summed E-state index contributed by atoms with van der Waals surface area (Å²) in [5, 5.41) is 13.6. The highest BCUT2D eigenvalue weighted by Crippen LogP contribution is 2.47. The third kappa shape index (κ3) is 2.44. The molecule has 2 amide bonds. The Bertz CT molecular complexity index is 1250. The van der Waals surface area contributed by atoms with E-state index in [9.17, 15) is 14.7 Å². The monoisotopic (exact) mass is 388 g/mol. The topological polar surface area (TPSA) is 82.5 Å². The summed E-state index contributed by atoms with van der Waals surface area (Å²) in [6.07, 6.45) is 1.56. The molecule has 28 heavy (non-hydrogen) atoms. The third-order valence-corrected chi connectivity index (χ3v) is 6.27. The minimum Gasteiger partial charge on any atom is -0.437 e. The predicted octanol–water partition coefficient (Wildman–Crippen LogP) is 5.86. The molecule has 2 aromatic heterocycles. The van der Waals surface area contributed by atoms with Crippen LogP contribution in [0.15, 0.2) is 72.2 Å². The summed E-state index contributed by atoms with van der Waals surface area (Å²) in [7, 11) is -1.17. The maximum Gasteiger partial charge on any atom is 0.554 e. The molecule has 0 radical (unpaired) electrons. The number of thiophene rings is 1. The van der Waals surface area contributed by atoms with Crippen LogP contribution in [0.5, 0.6) is 0 Å². The molecule has 0 fully saturated rings. The van der Waals surface area contributed by atoms with Crippen molar-refractivity contribution in [3.8, 4) is 11.1 Å². The molecule has 0 saturated heterocycles. The summed E-state index contributed by atoms with van der Waals surface area (Å²) in [5.74, 6) is 0. The number of aromatic nitrogens is 1. The number of urea groups is 1. The van der Waals surface area contributed by atoms with Gasteiger partial charge in [0.25, 0.3) is 4.83 Å². The van der Waals surface area contributed by atoms with Gasteiger partial charge in [-0.15, -0.1) is 0 Å². The van der Waals surface area contributed by atoms with E-state index in [1.54, 1.807) is 22.5 Å². The fraction of sp³-hybridized carbons (Fsp3) is 0. The van der Waals surface area contributed by atoms with Gasteiger partial charge in [-0.25, -0.2) is 9.78 Å². The summed E-state index contributed by atoms with van der Waals surface area (Å²) in [4.78, 5) is 30.8. The molecule has 1 atom stereocenters. The van der Waals surface area contributed by atoms with Crippen molar-refractivity contribution in [3.05, 3.63) is 72.2 Å². The number of rotatable bonds is 3. The Kier molecular flexibility index (Phi) is 3.63. The number of benzene rings is 2. The first kappa shape index (κ1) is 16.5. The molecule has 2 aromatic carbocycles. The Morgan fingerprint density at radius 2 is 1.82 bits per heavy atom. The van der Waals surface area contributed by atoms with E-state index >= 15 is 0 Å². The number of hydrogen-bond acceptors (Lipinski definition) is 3. The molecule has 7 heteroatoms. The highest BCUT2D eigenvalue weighted by atomic mass is 32.2. The van der Waals surface area contributed by atoms with E-state index in [1.807, 2.05) is 54.6 Å². The molecule has 3 heterocycles. The minimum atomic E-state index is -1.17. The normalized spacial score (nSPS) is 13.5. The van der Waals surface area contributed by atoms with Gasteiger partial charge in [-0.2, -0.15) is 4.79 Å². The van der Waals surface area contributed by atoms with Crippen LogP contribution in [0, 0.1) is 0 Å². The predicted molar refractivity (Wildman–Crippen MR) is 111 cm³/mol. The lowest BCUT2D eigenvalue weighted by atomic mass is 10.0. The fourth-order valence-corrected chi connectivity index (χ4v) is 4.89. The molecule has 1 aliphatic heterocycles. The average Bonchev–Trinajstić information content (AvgIpc) is 3.09. The molecule has 2 N–H and O–H groups in total. The van der Waals surface area contributed by atoms with Gasteiger partial charge in [0.15, 0.2) is 5.38 Å². The Morgan fingerprint density at radius 3 is 2.61 bits per heavy atom. The highest BCUT2D eigenvalue weighted by molar-refractivity contribution is 7.54. The molecule has 136 valence electrons. The third-order valence-electron chi connectivity index (χ3n) is 4.69. The van der Waals surface area contributed by atoms with E-state index in [0.29, 0.717) is 27.3 Å². The zero-order chi connectivity index (χ0) is 19.3. The quantitative estimate of drug-likeness (QED) is 0.431. The first-order valence-electron chi connectivity index (χ1n) is 8.57. The lowest BCUT2D eigenvalue weighted by Crippen LogP contribution is -2.33. The standard InChI is InChI=1S/C21H13N3O3S/c25-20-23-16-12-28(21(26)27)19-18(16)17(9-10-22-19)24(20)15-8-4-7-14(11-15)13-5-2-1-3-6-13/h1-12H,(H-,23,25,26,27)/p+1. The molecular formula is C21H14N3O3S+. The molecule has 5 rings (SSSR count). The van der Waals surface area contributed by atoms with E-state index < -0.39 is 15.8 Å². The molecule has 0 saturated carbocycles. The van der Waals surface area contributed by atoms with Gasteiger partial charge in [-0.3, -0.25) is 4.90 Å². The van der Waals surface area contributed by atoms with Crippen molar-refractivity contribution in [1.82, 2.24) is 4.98 Å². The van der Waals surface area contributed by atoms with Crippen molar-refractivity contribution in [2.24, 2.45) is 0 Å². The van der Waals surface area contributed by atoms with Crippen LogP contribution in [-0.4, -0.2) is 21.4 Å². The van der Waals surface area contributed by atoms with Crippen LogP contribution in [0.1, 0.15) is 0 Å². The molecule has 4 aromatic rings. The number of carbonyl (C=O) groups is 2. The summed E-state index contributed by atoms with van der Waals surface area (Å²) >= 11 is 0. The molecular weight excluding hydrogens is 374 g/mol.